The van der Waals surface area contributed by atoms with E-state index in [0.29, 0.717) is 5.76 Å². The Morgan fingerprint density at radius 1 is 1.33 bits per heavy atom. The Hall–Kier alpha value is -0.260. The summed E-state index contributed by atoms with van der Waals surface area (Å²) < 4.78 is 5.10. The molecule has 1 aromatic rings. The van der Waals surface area contributed by atoms with Gasteiger partial charge in [-0.25, -0.2) is 0 Å². The molecule has 0 saturated carbocycles. The van der Waals surface area contributed by atoms with Crippen LogP contribution in [0, 0.1) is 0 Å². The molecule has 2 heterocycles. The molecule has 0 atom stereocenters. The average Bonchev–Trinajstić information content (AvgIpc) is 2.53. The van der Waals surface area contributed by atoms with E-state index in [1.807, 2.05) is 4.90 Å². The standard InChI is InChI=1S/C9H10ClNO2S2/c10-8-2-1-7(13-8)9(12)11-3-5-14-15-6-4-11/h1-2H,3-6H2. The molecule has 82 valence electrons. The second kappa shape index (κ2) is 5.18. The lowest BCUT2D eigenvalue weighted by Gasteiger charge is -2.17. The predicted molar refractivity (Wildman–Crippen MR) is 64.5 cm³/mol. The summed E-state index contributed by atoms with van der Waals surface area (Å²) in [4.78, 5) is 13.7. The van der Waals surface area contributed by atoms with Crippen LogP contribution in [0.3, 0.4) is 0 Å². The molecule has 1 amide bonds. The van der Waals surface area contributed by atoms with E-state index < -0.39 is 0 Å². The fourth-order valence-corrected chi connectivity index (χ4v) is 3.44. The molecule has 1 aliphatic heterocycles. The number of furan rings is 1. The van der Waals surface area contributed by atoms with Crippen LogP contribution in [0.4, 0.5) is 0 Å². The van der Waals surface area contributed by atoms with Gasteiger partial charge in [0.05, 0.1) is 0 Å². The van der Waals surface area contributed by atoms with E-state index >= 15 is 0 Å². The van der Waals surface area contributed by atoms with Gasteiger partial charge in [-0.2, -0.15) is 0 Å². The molecular formula is C9H10ClNO2S2. The van der Waals surface area contributed by atoms with E-state index in [9.17, 15) is 4.79 Å². The summed E-state index contributed by atoms with van der Waals surface area (Å²) in [6.07, 6.45) is 0. The second-order valence-electron chi connectivity index (χ2n) is 3.04. The molecule has 1 saturated heterocycles. The van der Waals surface area contributed by atoms with Gasteiger partial charge in [-0.05, 0) is 23.7 Å². The predicted octanol–water partition coefficient (Wildman–Crippen LogP) is 2.77. The molecule has 0 spiro atoms. The Bertz CT molecular complexity index is 348. The number of amides is 1. The number of nitrogens with zero attached hydrogens (tertiary/aromatic N) is 1. The summed E-state index contributed by atoms with van der Waals surface area (Å²) >= 11 is 5.63. The lowest BCUT2D eigenvalue weighted by Crippen LogP contribution is -2.33. The van der Waals surface area contributed by atoms with Crippen LogP contribution in [0.15, 0.2) is 16.5 Å². The number of rotatable bonds is 1. The molecule has 0 aromatic carbocycles. The molecule has 0 bridgehead atoms. The van der Waals surface area contributed by atoms with Gasteiger partial charge >= 0.3 is 0 Å². The smallest absolute Gasteiger partial charge is 0.289 e. The van der Waals surface area contributed by atoms with Crippen molar-refractivity contribution >= 4 is 39.1 Å². The monoisotopic (exact) mass is 263 g/mol. The molecular weight excluding hydrogens is 254 g/mol. The van der Waals surface area contributed by atoms with Gasteiger partial charge in [-0.15, -0.1) is 0 Å². The first-order chi connectivity index (χ1) is 7.27. The van der Waals surface area contributed by atoms with Crippen molar-refractivity contribution in [1.82, 2.24) is 4.90 Å². The molecule has 1 aromatic heterocycles. The molecule has 0 N–H and O–H groups in total. The van der Waals surface area contributed by atoms with Crippen LogP contribution in [0.2, 0.25) is 5.22 Å². The van der Waals surface area contributed by atoms with E-state index in [0.717, 1.165) is 24.6 Å². The van der Waals surface area contributed by atoms with Crippen LogP contribution in [0.25, 0.3) is 0 Å². The number of carbonyl (C=O) groups excluding carboxylic acids is 1. The van der Waals surface area contributed by atoms with Gasteiger partial charge in [0.1, 0.15) is 0 Å². The summed E-state index contributed by atoms with van der Waals surface area (Å²) in [6, 6.07) is 3.21. The van der Waals surface area contributed by atoms with Gasteiger partial charge in [0.2, 0.25) is 0 Å². The lowest BCUT2D eigenvalue weighted by atomic mass is 10.3. The Morgan fingerprint density at radius 3 is 2.53 bits per heavy atom. The highest BCUT2D eigenvalue weighted by Crippen LogP contribution is 2.25. The van der Waals surface area contributed by atoms with E-state index in [1.165, 1.54) is 0 Å². The molecule has 3 nitrogen and oxygen atoms in total. The zero-order valence-corrected chi connectivity index (χ0v) is 10.3. The number of hydrogen-bond acceptors (Lipinski definition) is 4. The van der Waals surface area contributed by atoms with Crippen molar-refractivity contribution < 1.29 is 9.21 Å². The SMILES string of the molecule is O=C(c1ccc(Cl)o1)N1CCSSCC1. The Kier molecular flexibility index (Phi) is 3.88. The molecule has 15 heavy (non-hydrogen) atoms. The van der Waals surface area contributed by atoms with Crippen molar-refractivity contribution in [2.45, 2.75) is 0 Å². The van der Waals surface area contributed by atoms with E-state index in [4.69, 9.17) is 16.0 Å². The normalized spacial score (nSPS) is 17.5. The van der Waals surface area contributed by atoms with E-state index in [-0.39, 0.29) is 11.1 Å². The van der Waals surface area contributed by atoms with Gasteiger partial charge in [0.25, 0.3) is 5.91 Å². The first kappa shape index (κ1) is 11.2. The minimum atomic E-state index is -0.0648. The largest absolute Gasteiger partial charge is 0.440 e. The van der Waals surface area contributed by atoms with E-state index in [2.05, 4.69) is 0 Å². The zero-order chi connectivity index (χ0) is 10.7. The van der Waals surface area contributed by atoms with Gasteiger partial charge in [-0.1, -0.05) is 21.6 Å². The summed E-state index contributed by atoms with van der Waals surface area (Å²) in [5.74, 6) is 2.19. The minimum Gasteiger partial charge on any atom is -0.440 e. The molecule has 1 aliphatic rings. The van der Waals surface area contributed by atoms with Crippen molar-refractivity contribution in [3.63, 3.8) is 0 Å². The quantitative estimate of drug-likeness (QED) is 0.730. The molecule has 0 aliphatic carbocycles. The molecule has 0 unspecified atom stereocenters. The maximum Gasteiger partial charge on any atom is 0.289 e. The van der Waals surface area contributed by atoms with Crippen molar-refractivity contribution in [2.24, 2.45) is 0 Å². The summed E-state index contributed by atoms with van der Waals surface area (Å²) in [5, 5.41) is 0.261. The molecule has 2 rings (SSSR count). The fourth-order valence-electron chi connectivity index (χ4n) is 1.31. The topological polar surface area (TPSA) is 33.5 Å². The number of halogens is 1. The van der Waals surface area contributed by atoms with Gasteiger partial charge in [0.15, 0.2) is 11.0 Å². The first-order valence-corrected chi connectivity index (χ1v) is 7.43. The van der Waals surface area contributed by atoms with Crippen LogP contribution < -0.4 is 0 Å². The maximum absolute atomic E-state index is 11.9. The van der Waals surface area contributed by atoms with Gasteiger partial charge < -0.3 is 9.32 Å². The zero-order valence-electron chi connectivity index (χ0n) is 7.94. The maximum atomic E-state index is 11.9. The third-order valence-corrected chi connectivity index (χ3v) is 4.61. The van der Waals surface area contributed by atoms with Crippen LogP contribution in [-0.2, 0) is 0 Å². The van der Waals surface area contributed by atoms with Gasteiger partial charge in [-0.3, -0.25) is 4.79 Å². The average molecular weight is 264 g/mol. The molecule has 0 radical (unpaired) electrons. The van der Waals surface area contributed by atoms with Crippen LogP contribution >= 0.6 is 33.2 Å². The Labute approximate surface area is 101 Å². The fraction of sp³-hybridized carbons (Fsp3) is 0.444. The summed E-state index contributed by atoms with van der Waals surface area (Å²) in [5.41, 5.74) is 0. The number of carbonyl (C=O) groups is 1. The molecule has 6 heteroatoms. The first-order valence-electron chi connectivity index (χ1n) is 4.56. The lowest BCUT2D eigenvalue weighted by molar-refractivity contribution is 0.0745. The molecule has 1 fully saturated rings. The van der Waals surface area contributed by atoms with Crippen molar-refractivity contribution in [1.29, 1.82) is 0 Å². The van der Waals surface area contributed by atoms with Crippen molar-refractivity contribution in [3.8, 4) is 0 Å². The highest BCUT2D eigenvalue weighted by Gasteiger charge is 2.20. The Morgan fingerprint density at radius 2 is 2.00 bits per heavy atom. The van der Waals surface area contributed by atoms with E-state index in [1.54, 1.807) is 33.7 Å². The second-order valence-corrected chi connectivity index (χ2v) is 6.11. The highest BCUT2D eigenvalue weighted by atomic mass is 35.5. The van der Waals surface area contributed by atoms with Crippen LogP contribution in [0.5, 0.6) is 0 Å². The number of hydrogen-bond donors (Lipinski definition) is 0. The van der Waals surface area contributed by atoms with Crippen molar-refractivity contribution in [2.75, 3.05) is 24.6 Å². The Balaban J connectivity index is 2.06. The summed E-state index contributed by atoms with van der Waals surface area (Å²) in [7, 11) is 3.61. The third kappa shape index (κ3) is 2.86. The van der Waals surface area contributed by atoms with Crippen molar-refractivity contribution in [3.05, 3.63) is 23.1 Å². The third-order valence-electron chi connectivity index (χ3n) is 2.04. The van der Waals surface area contributed by atoms with Gasteiger partial charge in [0, 0.05) is 24.6 Å². The minimum absolute atomic E-state index is 0.0648. The highest BCUT2D eigenvalue weighted by molar-refractivity contribution is 8.76. The van der Waals surface area contributed by atoms with Crippen LogP contribution in [-0.4, -0.2) is 35.4 Å². The summed E-state index contributed by atoms with van der Waals surface area (Å²) in [6.45, 7) is 1.55. The van der Waals surface area contributed by atoms with Crippen LogP contribution in [0.1, 0.15) is 10.6 Å².